The van der Waals surface area contributed by atoms with Gasteiger partial charge in [0.2, 0.25) is 5.43 Å². The summed E-state index contributed by atoms with van der Waals surface area (Å²) in [6.07, 6.45) is 1.46. The standard InChI is InChI=1S/C13H14N2O6/c1-20-11-9-12(17)15-3-2-4-21-8(15)6-14(9)5-7(10(11)16)13(18)19/h5,8H,2-4,6H2,1H3,(H,18,19). The molecule has 0 radical (unpaired) electrons. The van der Waals surface area contributed by atoms with Gasteiger partial charge in [-0.2, -0.15) is 0 Å². The van der Waals surface area contributed by atoms with Crippen LogP contribution in [0.15, 0.2) is 11.0 Å². The van der Waals surface area contributed by atoms with Crippen LogP contribution in [0.5, 0.6) is 5.75 Å². The molecule has 0 saturated carbocycles. The van der Waals surface area contributed by atoms with Gasteiger partial charge in [0.25, 0.3) is 5.91 Å². The number of pyridine rings is 1. The highest BCUT2D eigenvalue weighted by atomic mass is 16.5. The topological polar surface area (TPSA) is 98.1 Å². The average molecular weight is 294 g/mol. The van der Waals surface area contributed by atoms with Gasteiger partial charge in [-0.15, -0.1) is 0 Å². The van der Waals surface area contributed by atoms with Gasteiger partial charge < -0.3 is 24.0 Å². The molecule has 1 amide bonds. The molecule has 112 valence electrons. The molecule has 1 unspecified atom stereocenters. The monoisotopic (exact) mass is 294 g/mol. The summed E-state index contributed by atoms with van der Waals surface area (Å²) in [7, 11) is 1.25. The molecule has 1 aromatic heterocycles. The van der Waals surface area contributed by atoms with Crippen LogP contribution in [0.4, 0.5) is 0 Å². The van der Waals surface area contributed by atoms with Crippen molar-refractivity contribution in [2.45, 2.75) is 19.2 Å². The summed E-state index contributed by atoms with van der Waals surface area (Å²) >= 11 is 0. The zero-order valence-electron chi connectivity index (χ0n) is 11.4. The maximum Gasteiger partial charge on any atom is 0.341 e. The molecule has 3 heterocycles. The molecule has 1 atom stereocenters. The van der Waals surface area contributed by atoms with E-state index in [0.717, 1.165) is 6.42 Å². The number of rotatable bonds is 2. The number of hydrogen-bond acceptors (Lipinski definition) is 5. The van der Waals surface area contributed by atoms with Crippen molar-refractivity contribution >= 4 is 11.9 Å². The lowest BCUT2D eigenvalue weighted by atomic mass is 10.1. The molecule has 0 aliphatic carbocycles. The minimum absolute atomic E-state index is 0.0780. The van der Waals surface area contributed by atoms with E-state index in [1.165, 1.54) is 17.9 Å². The highest BCUT2D eigenvalue weighted by Gasteiger charge is 2.38. The van der Waals surface area contributed by atoms with Crippen LogP contribution in [0.2, 0.25) is 0 Å². The van der Waals surface area contributed by atoms with Crippen LogP contribution in [0.1, 0.15) is 27.3 Å². The van der Waals surface area contributed by atoms with Gasteiger partial charge in [-0.05, 0) is 6.42 Å². The van der Waals surface area contributed by atoms with Crippen molar-refractivity contribution in [3.8, 4) is 5.75 Å². The van der Waals surface area contributed by atoms with E-state index in [9.17, 15) is 14.4 Å². The summed E-state index contributed by atoms with van der Waals surface area (Å²) in [5.74, 6) is -1.96. The van der Waals surface area contributed by atoms with Crippen molar-refractivity contribution in [1.82, 2.24) is 9.47 Å². The molecule has 0 bridgehead atoms. The Labute approximate surface area is 119 Å². The Hall–Kier alpha value is -2.35. The fraction of sp³-hybridized carbons (Fsp3) is 0.462. The van der Waals surface area contributed by atoms with Gasteiger partial charge in [0.05, 0.1) is 20.3 Å². The van der Waals surface area contributed by atoms with E-state index in [-0.39, 0.29) is 23.9 Å². The van der Waals surface area contributed by atoms with Gasteiger partial charge in [0, 0.05) is 12.7 Å². The first-order valence-corrected chi connectivity index (χ1v) is 6.52. The predicted molar refractivity (Wildman–Crippen MR) is 69.6 cm³/mol. The summed E-state index contributed by atoms with van der Waals surface area (Å²) < 4.78 is 12.0. The molecule has 3 rings (SSSR count). The number of aromatic carboxylic acids is 1. The van der Waals surface area contributed by atoms with E-state index in [4.69, 9.17) is 14.6 Å². The van der Waals surface area contributed by atoms with Crippen molar-refractivity contribution in [3.05, 3.63) is 27.7 Å². The molecular formula is C13H14N2O6. The maximum atomic E-state index is 12.5. The first kappa shape index (κ1) is 13.6. The SMILES string of the molecule is COc1c2n(cc(C(=O)O)c1=O)CC1OCCCN1C2=O. The third-order valence-electron chi connectivity index (χ3n) is 3.69. The first-order valence-electron chi connectivity index (χ1n) is 6.52. The maximum absolute atomic E-state index is 12.5. The average Bonchev–Trinajstić information content (AvgIpc) is 2.47. The molecule has 8 nitrogen and oxygen atoms in total. The first-order chi connectivity index (χ1) is 10.0. The third kappa shape index (κ3) is 1.99. The summed E-state index contributed by atoms with van der Waals surface area (Å²) in [4.78, 5) is 37.3. The summed E-state index contributed by atoms with van der Waals surface area (Å²) in [5.41, 5.74) is -1.14. The van der Waals surface area contributed by atoms with Gasteiger partial charge in [-0.25, -0.2) is 4.79 Å². The fourth-order valence-corrected chi connectivity index (χ4v) is 2.72. The lowest BCUT2D eigenvalue weighted by Crippen LogP contribution is -2.53. The Balaban J connectivity index is 2.20. The van der Waals surface area contributed by atoms with Gasteiger partial charge in [-0.3, -0.25) is 9.59 Å². The van der Waals surface area contributed by atoms with E-state index in [1.54, 1.807) is 4.90 Å². The van der Waals surface area contributed by atoms with Gasteiger partial charge >= 0.3 is 5.97 Å². The number of hydrogen-bond donors (Lipinski definition) is 1. The molecule has 0 aromatic carbocycles. The largest absolute Gasteiger partial charge is 0.491 e. The Morgan fingerprint density at radius 2 is 2.24 bits per heavy atom. The molecule has 1 N–H and O–H groups in total. The molecule has 8 heteroatoms. The minimum Gasteiger partial charge on any atom is -0.491 e. The van der Waals surface area contributed by atoms with E-state index < -0.39 is 23.2 Å². The van der Waals surface area contributed by atoms with Crippen LogP contribution in [0, 0.1) is 0 Å². The number of nitrogens with zero attached hydrogens (tertiary/aromatic N) is 2. The van der Waals surface area contributed by atoms with Crippen LogP contribution in [-0.2, 0) is 11.3 Å². The second kappa shape index (κ2) is 4.88. The smallest absolute Gasteiger partial charge is 0.341 e. The van der Waals surface area contributed by atoms with E-state index in [0.29, 0.717) is 13.2 Å². The second-order valence-corrected chi connectivity index (χ2v) is 4.89. The number of methoxy groups -OCH3 is 1. The lowest BCUT2D eigenvalue weighted by molar-refractivity contribution is -0.0920. The Kier molecular flexibility index (Phi) is 3.17. The molecule has 0 spiro atoms. The van der Waals surface area contributed by atoms with E-state index in [1.807, 2.05) is 0 Å². The van der Waals surface area contributed by atoms with Crippen LogP contribution >= 0.6 is 0 Å². The summed E-state index contributed by atoms with van der Waals surface area (Å²) in [6.45, 7) is 1.37. The van der Waals surface area contributed by atoms with Crippen molar-refractivity contribution in [3.63, 3.8) is 0 Å². The molecule has 1 aromatic rings. The van der Waals surface area contributed by atoms with Gasteiger partial charge in [0.1, 0.15) is 5.56 Å². The number of carboxylic acids is 1. The summed E-state index contributed by atoms with van der Waals surface area (Å²) in [6, 6.07) is 0. The fourth-order valence-electron chi connectivity index (χ4n) is 2.72. The molecular weight excluding hydrogens is 280 g/mol. The van der Waals surface area contributed by atoms with Crippen LogP contribution < -0.4 is 10.2 Å². The molecule has 1 fully saturated rings. The number of fused-ring (bicyclic) bond motifs is 2. The second-order valence-electron chi connectivity index (χ2n) is 4.89. The Morgan fingerprint density at radius 1 is 1.48 bits per heavy atom. The molecule has 2 aliphatic heterocycles. The Bertz CT molecular complexity index is 680. The Morgan fingerprint density at radius 3 is 2.90 bits per heavy atom. The molecule has 1 saturated heterocycles. The minimum atomic E-state index is -1.35. The highest BCUT2D eigenvalue weighted by molar-refractivity contribution is 5.97. The molecule has 2 aliphatic rings. The lowest BCUT2D eigenvalue weighted by Gasteiger charge is -2.40. The van der Waals surface area contributed by atoms with E-state index >= 15 is 0 Å². The quantitative estimate of drug-likeness (QED) is 0.808. The normalized spacial score (nSPS) is 20.7. The van der Waals surface area contributed by atoms with Crippen LogP contribution in [-0.4, -0.2) is 52.9 Å². The number of carbonyl (C=O) groups is 2. The van der Waals surface area contributed by atoms with Gasteiger partial charge in [0.15, 0.2) is 17.7 Å². The number of aromatic nitrogens is 1. The zero-order valence-corrected chi connectivity index (χ0v) is 11.4. The van der Waals surface area contributed by atoms with Crippen LogP contribution in [0.25, 0.3) is 0 Å². The number of carboxylic acid groups (broad SMARTS) is 1. The van der Waals surface area contributed by atoms with Gasteiger partial charge in [-0.1, -0.05) is 0 Å². The van der Waals surface area contributed by atoms with Crippen molar-refractivity contribution in [1.29, 1.82) is 0 Å². The van der Waals surface area contributed by atoms with Crippen LogP contribution in [0.3, 0.4) is 0 Å². The summed E-state index contributed by atoms with van der Waals surface area (Å²) in [5, 5.41) is 9.09. The number of carbonyl (C=O) groups excluding carboxylic acids is 1. The zero-order chi connectivity index (χ0) is 15.1. The number of ether oxygens (including phenoxy) is 2. The number of amides is 1. The van der Waals surface area contributed by atoms with Crippen molar-refractivity contribution in [2.75, 3.05) is 20.3 Å². The van der Waals surface area contributed by atoms with E-state index in [2.05, 4.69) is 0 Å². The highest BCUT2D eigenvalue weighted by Crippen LogP contribution is 2.26. The van der Waals surface area contributed by atoms with Crippen molar-refractivity contribution in [2.24, 2.45) is 0 Å². The molecule has 21 heavy (non-hydrogen) atoms. The predicted octanol–water partition coefficient (Wildman–Crippen LogP) is -0.243. The van der Waals surface area contributed by atoms with Crippen molar-refractivity contribution < 1.29 is 24.2 Å². The third-order valence-corrected chi connectivity index (χ3v) is 3.69.